The van der Waals surface area contributed by atoms with Gasteiger partial charge in [0.2, 0.25) is 0 Å². The molecule has 722 valence electrons. The molecule has 0 aliphatic heterocycles. The summed E-state index contributed by atoms with van der Waals surface area (Å²) in [6, 6.07) is 0. The van der Waals surface area contributed by atoms with Crippen LogP contribution in [0, 0.1) is 0 Å². The highest BCUT2D eigenvalue weighted by Gasteiger charge is 2.30. The lowest BCUT2D eigenvalue weighted by molar-refractivity contribution is -0.161. The molecular formula is C107H188O16P2. The summed E-state index contributed by atoms with van der Waals surface area (Å²) in [4.78, 5) is 59.2. The Morgan fingerprint density at radius 3 is 0.632 bits per heavy atom. The Labute approximate surface area is 766 Å². The van der Waals surface area contributed by atoms with Gasteiger partial charge >= 0.3 is 33.6 Å². The fourth-order valence-corrected chi connectivity index (χ4v) is 15.8. The number of aliphatic hydroxyl groups is 2. The molecule has 0 aromatic carbocycles. The van der Waals surface area contributed by atoms with E-state index in [1.165, 1.54) is 270 Å². The topological polar surface area (TPSA) is 231 Å². The van der Waals surface area contributed by atoms with Gasteiger partial charge in [0.1, 0.15) is 25.4 Å². The van der Waals surface area contributed by atoms with Crippen LogP contribution in [0.4, 0.5) is 0 Å². The number of phosphoric ester groups is 2. The molecule has 0 amide bonds. The molecule has 4 N–H and O–H groups in total. The first-order valence-corrected chi connectivity index (χ1v) is 54.1. The summed E-state index contributed by atoms with van der Waals surface area (Å²) >= 11 is 0. The van der Waals surface area contributed by atoms with Crippen LogP contribution in [0.2, 0.25) is 0 Å². The SMILES string of the molecule is CCCCC/C=C\C/C=C\C/C=C\C/C=C\CCCCCCCCCCCCCCCCCCCC(=O)OCC(O)COP(=O)(O)OCC(O)COP(=O)(O)OCC(COC(=O)CCCCCCCCCCCCCCCCC/C=C\C/C=C\C/C=C\C/C=C\CCCCC)OC(=O)CCCCCCCCCCC/C=C\C/C=C\C/C=C\C/C=C\CCCCC. The van der Waals surface area contributed by atoms with E-state index < -0.39 is 91.5 Å². The molecule has 16 nitrogen and oxygen atoms in total. The first-order chi connectivity index (χ1) is 61.2. The third kappa shape index (κ3) is 99.8. The predicted molar refractivity (Wildman–Crippen MR) is 528 cm³/mol. The lowest BCUT2D eigenvalue weighted by Gasteiger charge is -2.21. The molecule has 0 spiro atoms. The fraction of sp³-hybridized carbons (Fsp3) is 0.748. The highest BCUT2D eigenvalue weighted by atomic mass is 31.2. The molecule has 0 aliphatic carbocycles. The van der Waals surface area contributed by atoms with E-state index in [4.69, 9.17) is 32.3 Å². The number of unbranched alkanes of at least 4 members (excludes halogenated alkanes) is 50. The van der Waals surface area contributed by atoms with Crippen molar-refractivity contribution in [2.24, 2.45) is 0 Å². The third-order valence-electron chi connectivity index (χ3n) is 22.0. The lowest BCUT2D eigenvalue weighted by atomic mass is 10.0. The van der Waals surface area contributed by atoms with Gasteiger partial charge in [0.25, 0.3) is 0 Å². The van der Waals surface area contributed by atoms with Crippen molar-refractivity contribution in [2.45, 2.75) is 476 Å². The van der Waals surface area contributed by atoms with E-state index in [2.05, 4.69) is 167 Å². The van der Waals surface area contributed by atoms with Crippen LogP contribution in [0.1, 0.15) is 457 Å². The maximum Gasteiger partial charge on any atom is 0.472 e. The second-order valence-corrected chi connectivity index (χ2v) is 37.2. The van der Waals surface area contributed by atoms with Crippen molar-refractivity contribution >= 4 is 33.6 Å². The largest absolute Gasteiger partial charge is 0.472 e. The highest BCUT2D eigenvalue weighted by molar-refractivity contribution is 7.47. The van der Waals surface area contributed by atoms with Crippen LogP contribution in [-0.2, 0) is 55.8 Å². The van der Waals surface area contributed by atoms with Gasteiger partial charge in [-0.3, -0.25) is 32.5 Å². The van der Waals surface area contributed by atoms with Crippen LogP contribution in [0.15, 0.2) is 146 Å². The summed E-state index contributed by atoms with van der Waals surface area (Å²) in [5, 5.41) is 20.8. The number of hydrogen-bond acceptors (Lipinski definition) is 14. The maximum atomic E-state index is 13.1. The van der Waals surface area contributed by atoms with E-state index in [1.807, 2.05) is 0 Å². The molecule has 0 fully saturated rings. The summed E-state index contributed by atoms with van der Waals surface area (Å²) < 4.78 is 61.7. The van der Waals surface area contributed by atoms with Crippen molar-refractivity contribution < 1.29 is 75.8 Å². The zero-order valence-corrected chi connectivity index (χ0v) is 81.8. The molecule has 0 saturated heterocycles. The number of ether oxygens (including phenoxy) is 3. The molecule has 0 aromatic heterocycles. The summed E-state index contributed by atoms with van der Waals surface area (Å²) in [6.07, 6.45) is 126. The number of esters is 3. The van der Waals surface area contributed by atoms with Crippen molar-refractivity contribution in [3.63, 3.8) is 0 Å². The molecule has 0 aromatic rings. The smallest absolute Gasteiger partial charge is 0.463 e. The van der Waals surface area contributed by atoms with Crippen molar-refractivity contribution in [3.05, 3.63) is 146 Å². The molecule has 0 bridgehead atoms. The molecule has 5 unspecified atom stereocenters. The predicted octanol–water partition coefficient (Wildman–Crippen LogP) is 32.2. The van der Waals surface area contributed by atoms with Crippen LogP contribution >= 0.6 is 15.6 Å². The zero-order chi connectivity index (χ0) is 90.7. The van der Waals surface area contributed by atoms with E-state index in [0.717, 1.165) is 128 Å². The first-order valence-electron chi connectivity index (χ1n) is 51.1. The normalized spacial score (nSPS) is 14.3. The summed E-state index contributed by atoms with van der Waals surface area (Å²) in [7, 11) is -9.82. The van der Waals surface area contributed by atoms with Gasteiger partial charge in [-0.15, -0.1) is 0 Å². The number of hydrogen-bond donors (Lipinski definition) is 4. The average molecular weight is 1790 g/mol. The number of carbonyl (C=O) groups is 3. The van der Waals surface area contributed by atoms with Crippen molar-refractivity contribution in [2.75, 3.05) is 39.6 Å². The minimum absolute atomic E-state index is 0.0962. The van der Waals surface area contributed by atoms with Crippen molar-refractivity contribution in [1.29, 1.82) is 0 Å². The van der Waals surface area contributed by atoms with Crippen LogP contribution in [0.5, 0.6) is 0 Å². The van der Waals surface area contributed by atoms with Gasteiger partial charge in [-0.05, 0) is 154 Å². The van der Waals surface area contributed by atoms with Gasteiger partial charge in [-0.2, -0.15) is 0 Å². The van der Waals surface area contributed by atoms with E-state index in [9.17, 15) is 43.5 Å². The quantitative estimate of drug-likeness (QED) is 0.0146. The second kappa shape index (κ2) is 98.5. The van der Waals surface area contributed by atoms with Crippen LogP contribution in [0.25, 0.3) is 0 Å². The summed E-state index contributed by atoms with van der Waals surface area (Å²) in [6.45, 7) is 2.68. The molecule has 0 heterocycles. The average Bonchev–Trinajstić information content (AvgIpc) is 0.902. The Balaban J connectivity index is 4.58. The fourth-order valence-electron chi connectivity index (χ4n) is 14.2. The standard InChI is InChI=1S/C107H188O16P2/c1-4-7-10-13-16-19-22-25-28-31-34-37-40-43-45-47-49-50-52-54-55-58-60-63-66-69-72-75-78-81-84-87-90-93-105(110)117-96-102(108)97-119-124(113,114)120-98-103(109)99-121-125(115,116)122-101-104(123-107(112)95-92-89-86-83-80-77-74-71-68-65-62-57-42-39-36-33-30-27-24-21-18-15-12-9-6-3)100-118-106(111)94-91-88-85-82-79-76-73-70-67-64-61-59-56-53-51-48-46-44-41-38-35-32-29-26-23-20-17-14-11-8-5-2/h16-21,25-30,34-39,43-46,57,62,102-104,108-109H,4-15,22-24,31-33,40-42,47-56,58-61,63-101H2,1-3H3,(H,113,114)(H,115,116)/b19-16-,20-17-,21-18-,28-25-,29-26-,30-27-,37-34-,38-35-,39-36-,45-43-,46-44-,62-57-. The van der Waals surface area contributed by atoms with E-state index in [1.54, 1.807) is 0 Å². The Kier molecular flexibility index (Phi) is 94.9. The number of allylic oxidation sites excluding steroid dienone is 24. The number of rotatable bonds is 97. The van der Waals surface area contributed by atoms with Gasteiger partial charge in [0.15, 0.2) is 6.10 Å². The molecule has 18 heteroatoms. The van der Waals surface area contributed by atoms with Crippen LogP contribution in [-0.4, -0.2) is 95.9 Å². The molecular weight excluding hydrogens is 1600 g/mol. The van der Waals surface area contributed by atoms with Gasteiger partial charge in [-0.1, -0.05) is 430 Å². The highest BCUT2D eigenvalue weighted by Crippen LogP contribution is 2.45. The summed E-state index contributed by atoms with van der Waals surface area (Å²) in [5.74, 6) is -1.56. The van der Waals surface area contributed by atoms with E-state index in [-0.39, 0.29) is 19.3 Å². The molecule has 0 aliphatic rings. The lowest BCUT2D eigenvalue weighted by Crippen LogP contribution is -2.30. The molecule has 0 rings (SSSR count). The minimum atomic E-state index is -4.95. The van der Waals surface area contributed by atoms with Gasteiger partial charge < -0.3 is 34.2 Å². The van der Waals surface area contributed by atoms with Crippen molar-refractivity contribution in [1.82, 2.24) is 0 Å². The Hall–Kier alpha value is -4.57. The van der Waals surface area contributed by atoms with E-state index in [0.29, 0.717) is 19.3 Å². The number of phosphoric acid groups is 2. The first kappa shape index (κ1) is 120. The Bertz CT molecular complexity index is 2850. The number of aliphatic hydroxyl groups excluding tert-OH is 2. The van der Waals surface area contributed by atoms with Crippen molar-refractivity contribution in [3.8, 4) is 0 Å². The van der Waals surface area contributed by atoms with Gasteiger partial charge in [-0.25, -0.2) is 9.13 Å². The number of carbonyl (C=O) groups excluding carboxylic acids is 3. The Morgan fingerprint density at radius 2 is 0.400 bits per heavy atom. The van der Waals surface area contributed by atoms with Crippen LogP contribution in [0.3, 0.4) is 0 Å². The molecule has 0 saturated carbocycles. The van der Waals surface area contributed by atoms with E-state index >= 15 is 0 Å². The monoisotopic (exact) mass is 1790 g/mol. The molecule has 5 atom stereocenters. The zero-order valence-electron chi connectivity index (χ0n) is 80.0. The van der Waals surface area contributed by atoms with Gasteiger partial charge in [0.05, 0.1) is 26.4 Å². The summed E-state index contributed by atoms with van der Waals surface area (Å²) in [5.41, 5.74) is 0. The molecule has 0 radical (unpaired) electrons. The second-order valence-electron chi connectivity index (χ2n) is 34.3. The van der Waals surface area contributed by atoms with Gasteiger partial charge in [0, 0.05) is 19.3 Å². The Morgan fingerprint density at radius 1 is 0.224 bits per heavy atom. The molecule has 125 heavy (non-hydrogen) atoms. The third-order valence-corrected chi connectivity index (χ3v) is 23.9. The maximum absolute atomic E-state index is 13.1. The van der Waals surface area contributed by atoms with Crippen LogP contribution < -0.4 is 0 Å². The minimum Gasteiger partial charge on any atom is -0.463 e.